The first kappa shape index (κ1) is 12.1. The molecule has 2 nitrogen and oxygen atoms in total. The zero-order chi connectivity index (χ0) is 11.6. The predicted octanol–water partition coefficient (Wildman–Crippen LogP) is 3.37. The molecule has 0 unspecified atom stereocenters. The van der Waals surface area contributed by atoms with Crippen LogP contribution in [0.1, 0.15) is 36.7 Å². The average Bonchev–Trinajstić information content (AvgIpc) is 2.15. The topological polar surface area (TPSA) is 26.3 Å². The van der Waals surface area contributed by atoms with E-state index in [0.29, 0.717) is 11.3 Å². The van der Waals surface area contributed by atoms with E-state index in [1.54, 1.807) is 12.1 Å². The Kier molecular flexibility index (Phi) is 3.40. The first-order valence-electron chi connectivity index (χ1n) is 4.74. The maximum atomic E-state index is 11.2. The molecule has 1 aromatic carbocycles. The van der Waals surface area contributed by atoms with E-state index < -0.39 is 5.24 Å². The predicted molar refractivity (Wildman–Crippen MR) is 61.9 cm³/mol. The number of ether oxygens (including phenoxy) is 1. The molecule has 0 atom stereocenters. The first-order chi connectivity index (χ1) is 6.86. The van der Waals surface area contributed by atoms with Crippen LogP contribution in [0.5, 0.6) is 5.75 Å². The molecule has 82 valence electrons. The van der Waals surface area contributed by atoms with Crippen molar-refractivity contribution in [3.05, 3.63) is 29.3 Å². The van der Waals surface area contributed by atoms with E-state index >= 15 is 0 Å². The second-order valence-corrected chi connectivity index (χ2v) is 4.78. The number of carbonyl (C=O) groups excluding carboxylic acids is 1. The summed E-state index contributed by atoms with van der Waals surface area (Å²) in [5.41, 5.74) is 1.48. The molecule has 0 heterocycles. The molecule has 0 saturated carbocycles. The van der Waals surface area contributed by atoms with Gasteiger partial charge in [0, 0.05) is 0 Å². The maximum Gasteiger partial charge on any atom is 0.256 e. The second-order valence-electron chi connectivity index (χ2n) is 4.44. The molecule has 0 amide bonds. The minimum Gasteiger partial charge on any atom is -0.496 e. The van der Waals surface area contributed by atoms with Gasteiger partial charge in [-0.2, -0.15) is 0 Å². The number of hydrogen-bond acceptors (Lipinski definition) is 2. The Morgan fingerprint density at radius 2 is 1.93 bits per heavy atom. The fourth-order valence-corrected chi connectivity index (χ4v) is 1.48. The number of carbonyl (C=O) groups is 1. The summed E-state index contributed by atoms with van der Waals surface area (Å²) < 4.78 is 5.07. The van der Waals surface area contributed by atoms with Crippen LogP contribution < -0.4 is 4.74 Å². The monoisotopic (exact) mass is 226 g/mol. The van der Waals surface area contributed by atoms with E-state index in [1.165, 1.54) is 7.11 Å². The molecule has 0 fully saturated rings. The molecule has 0 saturated heterocycles. The van der Waals surface area contributed by atoms with E-state index in [4.69, 9.17) is 16.3 Å². The molecule has 1 rings (SSSR count). The summed E-state index contributed by atoms with van der Waals surface area (Å²) in [7, 11) is 1.52. The van der Waals surface area contributed by atoms with Gasteiger partial charge in [0.25, 0.3) is 5.24 Å². The largest absolute Gasteiger partial charge is 0.496 e. The van der Waals surface area contributed by atoms with E-state index in [1.807, 2.05) is 6.07 Å². The van der Waals surface area contributed by atoms with Crippen molar-refractivity contribution in [3.63, 3.8) is 0 Å². The molecule has 0 spiro atoms. The van der Waals surface area contributed by atoms with Gasteiger partial charge in [-0.3, -0.25) is 4.79 Å². The molecule has 0 radical (unpaired) electrons. The lowest BCUT2D eigenvalue weighted by atomic mass is 9.86. The van der Waals surface area contributed by atoms with Crippen molar-refractivity contribution in [3.8, 4) is 5.75 Å². The zero-order valence-corrected chi connectivity index (χ0v) is 10.2. The smallest absolute Gasteiger partial charge is 0.256 e. The fraction of sp³-hybridized carbons (Fsp3) is 0.417. The molecule has 0 aliphatic carbocycles. The Labute approximate surface area is 95.2 Å². The average molecular weight is 227 g/mol. The third kappa shape index (κ3) is 2.72. The summed E-state index contributed by atoms with van der Waals surface area (Å²) in [6.45, 7) is 6.24. The molecular formula is C12H15ClO2. The van der Waals surface area contributed by atoms with Crippen LogP contribution in [0, 0.1) is 0 Å². The van der Waals surface area contributed by atoms with Crippen LogP contribution in [0.3, 0.4) is 0 Å². The van der Waals surface area contributed by atoms with Crippen molar-refractivity contribution in [2.24, 2.45) is 0 Å². The van der Waals surface area contributed by atoms with Crippen LogP contribution >= 0.6 is 11.6 Å². The Hall–Kier alpha value is -1.02. The molecule has 0 bridgehead atoms. The lowest BCUT2D eigenvalue weighted by Crippen LogP contribution is -2.12. The fourth-order valence-electron chi connectivity index (χ4n) is 1.33. The van der Waals surface area contributed by atoms with Crippen molar-refractivity contribution in [1.29, 1.82) is 0 Å². The van der Waals surface area contributed by atoms with Crippen LogP contribution in [0.4, 0.5) is 0 Å². The SMILES string of the molecule is COc1ccc(C(C)(C)C)cc1C(=O)Cl. The molecule has 15 heavy (non-hydrogen) atoms. The first-order valence-corrected chi connectivity index (χ1v) is 5.12. The van der Waals surface area contributed by atoms with Gasteiger partial charge in [0.1, 0.15) is 5.75 Å². The van der Waals surface area contributed by atoms with Gasteiger partial charge >= 0.3 is 0 Å². The van der Waals surface area contributed by atoms with Gasteiger partial charge in [0.15, 0.2) is 0 Å². The van der Waals surface area contributed by atoms with Gasteiger partial charge < -0.3 is 4.74 Å². The standard InChI is InChI=1S/C12H15ClO2/c1-12(2,3)8-5-6-10(15-4)9(7-8)11(13)14/h5-7H,1-4H3. The van der Waals surface area contributed by atoms with E-state index in [0.717, 1.165) is 5.56 Å². The highest BCUT2D eigenvalue weighted by molar-refractivity contribution is 6.68. The van der Waals surface area contributed by atoms with Crippen LogP contribution in [-0.4, -0.2) is 12.4 Å². The minimum atomic E-state index is -0.488. The van der Waals surface area contributed by atoms with Gasteiger partial charge in [-0.05, 0) is 34.7 Å². The van der Waals surface area contributed by atoms with Gasteiger partial charge in [-0.25, -0.2) is 0 Å². The van der Waals surface area contributed by atoms with Crippen LogP contribution in [0.25, 0.3) is 0 Å². The van der Waals surface area contributed by atoms with Crippen LogP contribution in [-0.2, 0) is 5.41 Å². The maximum absolute atomic E-state index is 11.2. The van der Waals surface area contributed by atoms with Crippen molar-refractivity contribution in [2.75, 3.05) is 7.11 Å². The lowest BCUT2D eigenvalue weighted by Gasteiger charge is -2.20. The summed E-state index contributed by atoms with van der Waals surface area (Å²) in [5, 5.41) is -0.488. The van der Waals surface area contributed by atoms with Gasteiger partial charge in [0.2, 0.25) is 0 Å². The Morgan fingerprint density at radius 3 is 2.33 bits per heavy atom. The highest BCUT2D eigenvalue weighted by Crippen LogP contribution is 2.28. The minimum absolute atomic E-state index is 0.00659. The summed E-state index contributed by atoms with van der Waals surface area (Å²) in [6.07, 6.45) is 0. The van der Waals surface area contributed by atoms with Crippen molar-refractivity contribution >= 4 is 16.8 Å². The summed E-state index contributed by atoms with van der Waals surface area (Å²) in [6, 6.07) is 5.51. The van der Waals surface area contributed by atoms with Crippen LogP contribution in [0.15, 0.2) is 18.2 Å². The summed E-state index contributed by atoms with van der Waals surface area (Å²) in [5.74, 6) is 0.517. The highest BCUT2D eigenvalue weighted by atomic mass is 35.5. The molecule has 0 aliphatic heterocycles. The number of halogens is 1. The molecule has 0 N–H and O–H groups in total. The number of methoxy groups -OCH3 is 1. The second kappa shape index (κ2) is 4.23. The third-order valence-electron chi connectivity index (χ3n) is 2.28. The number of hydrogen-bond donors (Lipinski definition) is 0. The van der Waals surface area contributed by atoms with Crippen molar-refractivity contribution in [2.45, 2.75) is 26.2 Å². The molecule has 0 aliphatic rings. The van der Waals surface area contributed by atoms with Gasteiger partial charge in [-0.1, -0.05) is 26.8 Å². The van der Waals surface area contributed by atoms with Crippen molar-refractivity contribution in [1.82, 2.24) is 0 Å². The third-order valence-corrected chi connectivity index (χ3v) is 2.48. The Bertz CT molecular complexity index is 378. The molecule has 1 aromatic rings. The molecule has 3 heteroatoms. The van der Waals surface area contributed by atoms with Crippen LogP contribution in [0.2, 0.25) is 0 Å². The quantitative estimate of drug-likeness (QED) is 0.723. The highest BCUT2D eigenvalue weighted by Gasteiger charge is 2.18. The lowest BCUT2D eigenvalue weighted by molar-refractivity contribution is 0.107. The van der Waals surface area contributed by atoms with Gasteiger partial charge in [-0.15, -0.1) is 0 Å². The van der Waals surface area contributed by atoms with E-state index in [9.17, 15) is 4.79 Å². The number of benzene rings is 1. The summed E-state index contributed by atoms with van der Waals surface area (Å²) >= 11 is 5.49. The molecule has 0 aromatic heterocycles. The van der Waals surface area contributed by atoms with Gasteiger partial charge in [0.05, 0.1) is 12.7 Å². The Morgan fingerprint density at radius 1 is 1.33 bits per heavy atom. The summed E-state index contributed by atoms with van der Waals surface area (Å²) in [4.78, 5) is 11.2. The van der Waals surface area contributed by atoms with E-state index in [2.05, 4.69) is 20.8 Å². The zero-order valence-electron chi connectivity index (χ0n) is 9.43. The molecular weight excluding hydrogens is 212 g/mol. The normalized spacial score (nSPS) is 11.3. The van der Waals surface area contributed by atoms with E-state index in [-0.39, 0.29) is 5.41 Å². The Balaban J connectivity index is 3.28. The number of rotatable bonds is 2. The van der Waals surface area contributed by atoms with Crippen molar-refractivity contribution < 1.29 is 9.53 Å².